The maximum absolute atomic E-state index is 5.65. The van der Waals surface area contributed by atoms with Gasteiger partial charge in [0.25, 0.3) is 0 Å². The van der Waals surface area contributed by atoms with E-state index in [9.17, 15) is 0 Å². The van der Waals surface area contributed by atoms with E-state index in [2.05, 4.69) is 16.5 Å². The summed E-state index contributed by atoms with van der Waals surface area (Å²) < 4.78 is 5.36. The predicted molar refractivity (Wildman–Crippen MR) is 75.8 cm³/mol. The molecule has 1 atom stereocenters. The van der Waals surface area contributed by atoms with Gasteiger partial charge >= 0.3 is 0 Å². The number of para-hydroxylation sites is 1. The molecule has 0 bridgehead atoms. The number of nitrogens with one attached hydrogen (secondary N) is 1. The van der Waals surface area contributed by atoms with Gasteiger partial charge in [0.2, 0.25) is 0 Å². The molecule has 1 aromatic heterocycles. The molecule has 0 saturated heterocycles. The second kappa shape index (κ2) is 6.87. The number of methoxy groups -OCH3 is 1. The Morgan fingerprint density at radius 1 is 1.16 bits per heavy atom. The fraction of sp³-hybridized carbons (Fsp3) is 0.267. The number of nitrogens with zero attached hydrogens (tertiary/aromatic N) is 1. The van der Waals surface area contributed by atoms with E-state index in [0.29, 0.717) is 0 Å². The summed E-state index contributed by atoms with van der Waals surface area (Å²) in [4.78, 5) is 4.02. The first-order valence-corrected chi connectivity index (χ1v) is 6.30. The Labute approximate surface area is 113 Å². The van der Waals surface area contributed by atoms with Crippen molar-refractivity contribution >= 4 is 0 Å². The fourth-order valence-electron chi connectivity index (χ4n) is 2.13. The molecule has 0 aliphatic carbocycles. The van der Waals surface area contributed by atoms with Crippen LogP contribution in [-0.4, -0.2) is 18.1 Å². The quantitative estimate of drug-likeness (QED) is 0.611. The zero-order valence-corrected chi connectivity index (χ0v) is 11.0. The average molecular weight is 257 g/mol. The summed E-state index contributed by atoms with van der Waals surface area (Å²) in [7, 11) is 1.69. The summed E-state index contributed by atoms with van der Waals surface area (Å²) in [6.45, 7) is 0. The lowest BCUT2D eigenvalue weighted by molar-refractivity contribution is 0.404. The van der Waals surface area contributed by atoms with E-state index < -0.39 is 0 Å². The predicted octanol–water partition coefficient (Wildman–Crippen LogP) is 1.71. The van der Waals surface area contributed by atoms with Crippen LogP contribution in [0.1, 0.15) is 11.1 Å². The molecule has 100 valence electrons. The fourth-order valence-corrected chi connectivity index (χ4v) is 2.13. The van der Waals surface area contributed by atoms with Crippen molar-refractivity contribution in [3.63, 3.8) is 0 Å². The summed E-state index contributed by atoms with van der Waals surface area (Å²) >= 11 is 0. The molecule has 0 saturated carbocycles. The number of ether oxygens (including phenoxy) is 1. The summed E-state index contributed by atoms with van der Waals surface area (Å²) in [6.07, 6.45) is 5.28. The van der Waals surface area contributed by atoms with Crippen LogP contribution in [0.5, 0.6) is 5.75 Å². The molecule has 0 spiro atoms. The van der Waals surface area contributed by atoms with Crippen LogP contribution in [-0.2, 0) is 12.8 Å². The molecule has 4 heteroatoms. The van der Waals surface area contributed by atoms with Crippen LogP contribution in [0.4, 0.5) is 0 Å². The highest BCUT2D eigenvalue weighted by molar-refractivity contribution is 5.34. The molecular weight excluding hydrogens is 238 g/mol. The molecule has 3 N–H and O–H groups in total. The molecule has 2 aromatic rings. The van der Waals surface area contributed by atoms with E-state index in [1.807, 2.05) is 30.3 Å². The van der Waals surface area contributed by atoms with Gasteiger partial charge in [-0.15, -0.1) is 0 Å². The molecule has 4 nitrogen and oxygen atoms in total. The molecule has 19 heavy (non-hydrogen) atoms. The van der Waals surface area contributed by atoms with E-state index in [1.54, 1.807) is 19.5 Å². The lowest BCUT2D eigenvalue weighted by Crippen LogP contribution is -2.38. The summed E-state index contributed by atoms with van der Waals surface area (Å²) in [5.41, 5.74) is 5.24. The van der Waals surface area contributed by atoms with Crippen LogP contribution in [0.25, 0.3) is 0 Å². The average Bonchev–Trinajstić information content (AvgIpc) is 2.48. The first-order valence-electron chi connectivity index (χ1n) is 6.30. The number of hydrazine groups is 1. The molecule has 0 radical (unpaired) electrons. The van der Waals surface area contributed by atoms with Crippen molar-refractivity contribution < 1.29 is 4.74 Å². The maximum atomic E-state index is 5.65. The van der Waals surface area contributed by atoms with Crippen LogP contribution < -0.4 is 16.0 Å². The van der Waals surface area contributed by atoms with E-state index in [1.165, 1.54) is 5.56 Å². The summed E-state index contributed by atoms with van der Waals surface area (Å²) in [5, 5.41) is 0. The van der Waals surface area contributed by atoms with Crippen LogP contribution in [0.2, 0.25) is 0 Å². The van der Waals surface area contributed by atoms with Crippen LogP contribution in [0, 0.1) is 0 Å². The Morgan fingerprint density at radius 2 is 1.89 bits per heavy atom. The Hall–Kier alpha value is -1.91. The number of benzene rings is 1. The zero-order valence-electron chi connectivity index (χ0n) is 11.0. The minimum atomic E-state index is 0.165. The van der Waals surface area contributed by atoms with Gasteiger partial charge < -0.3 is 4.74 Å². The van der Waals surface area contributed by atoms with Gasteiger partial charge in [0.1, 0.15) is 5.75 Å². The number of aromatic nitrogens is 1. The lowest BCUT2D eigenvalue weighted by atomic mass is 9.99. The smallest absolute Gasteiger partial charge is 0.122 e. The minimum Gasteiger partial charge on any atom is -0.496 e. The Morgan fingerprint density at radius 3 is 2.58 bits per heavy atom. The minimum absolute atomic E-state index is 0.165. The molecule has 0 aliphatic rings. The van der Waals surface area contributed by atoms with Crippen LogP contribution in [0.3, 0.4) is 0 Å². The van der Waals surface area contributed by atoms with Crippen molar-refractivity contribution in [2.75, 3.05) is 7.11 Å². The number of rotatable bonds is 6. The second-order valence-electron chi connectivity index (χ2n) is 4.44. The number of nitrogens with two attached hydrogens (primary N) is 1. The molecule has 1 aromatic carbocycles. The maximum Gasteiger partial charge on any atom is 0.122 e. The number of hydrogen-bond acceptors (Lipinski definition) is 4. The number of pyridine rings is 1. The highest BCUT2D eigenvalue weighted by atomic mass is 16.5. The highest BCUT2D eigenvalue weighted by Crippen LogP contribution is 2.19. The van der Waals surface area contributed by atoms with Crippen LogP contribution in [0.15, 0.2) is 48.8 Å². The van der Waals surface area contributed by atoms with Crippen molar-refractivity contribution in [2.45, 2.75) is 18.9 Å². The van der Waals surface area contributed by atoms with Gasteiger partial charge in [-0.3, -0.25) is 16.3 Å². The summed E-state index contributed by atoms with van der Waals surface area (Å²) in [6, 6.07) is 12.2. The van der Waals surface area contributed by atoms with E-state index in [-0.39, 0.29) is 6.04 Å². The van der Waals surface area contributed by atoms with Crippen molar-refractivity contribution in [1.29, 1.82) is 0 Å². The van der Waals surface area contributed by atoms with Crippen molar-refractivity contribution in [2.24, 2.45) is 5.84 Å². The number of hydrogen-bond donors (Lipinski definition) is 2. The van der Waals surface area contributed by atoms with Gasteiger partial charge in [0.05, 0.1) is 7.11 Å². The topological polar surface area (TPSA) is 60.2 Å². The van der Waals surface area contributed by atoms with Crippen molar-refractivity contribution in [1.82, 2.24) is 10.4 Å². The zero-order chi connectivity index (χ0) is 13.5. The van der Waals surface area contributed by atoms with Gasteiger partial charge in [-0.2, -0.15) is 0 Å². The van der Waals surface area contributed by atoms with E-state index in [4.69, 9.17) is 10.6 Å². The third kappa shape index (κ3) is 3.77. The second-order valence-corrected chi connectivity index (χ2v) is 4.44. The largest absolute Gasteiger partial charge is 0.496 e. The highest BCUT2D eigenvalue weighted by Gasteiger charge is 2.11. The first kappa shape index (κ1) is 13.5. The standard InChI is InChI=1S/C15H19N3O/c1-19-15-5-3-2-4-13(15)11-14(18-16)10-12-6-8-17-9-7-12/h2-9,14,18H,10-11,16H2,1H3. The van der Waals surface area contributed by atoms with E-state index >= 15 is 0 Å². The molecule has 1 unspecified atom stereocenters. The first-order chi connectivity index (χ1) is 9.33. The van der Waals surface area contributed by atoms with Gasteiger partial charge in [0.15, 0.2) is 0 Å². The Balaban J connectivity index is 2.07. The van der Waals surface area contributed by atoms with Gasteiger partial charge in [-0.05, 0) is 42.2 Å². The third-order valence-electron chi connectivity index (χ3n) is 3.13. The van der Waals surface area contributed by atoms with Gasteiger partial charge in [-0.1, -0.05) is 18.2 Å². The molecule has 0 aliphatic heterocycles. The van der Waals surface area contributed by atoms with E-state index in [0.717, 1.165) is 24.2 Å². The molecule has 0 amide bonds. The summed E-state index contributed by atoms with van der Waals surface area (Å²) in [5.74, 6) is 6.55. The van der Waals surface area contributed by atoms with Gasteiger partial charge in [0, 0.05) is 18.4 Å². The van der Waals surface area contributed by atoms with Crippen molar-refractivity contribution in [3.05, 3.63) is 59.9 Å². The lowest BCUT2D eigenvalue weighted by Gasteiger charge is -2.17. The van der Waals surface area contributed by atoms with Crippen LogP contribution >= 0.6 is 0 Å². The SMILES string of the molecule is COc1ccccc1CC(Cc1ccncc1)NN. The third-order valence-corrected chi connectivity index (χ3v) is 3.13. The van der Waals surface area contributed by atoms with Crippen molar-refractivity contribution in [3.8, 4) is 5.75 Å². The molecule has 0 fully saturated rings. The monoisotopic (exact) mass is 257 g/mol. The molecule has 1 heterocycles. The Bertz CT molecular complexity index is 502. The molecular formula is C15H19N3O. The Kier molecular flexibility index (Phi) is 4.89. The normalized spacial score (nSPS) is 12.1. The van der Waals surface area contributed by atoms with Gasteiger partial charge in [-0.25, -0.2) is 0 Å². The molecule has 2 rings (SSSR count).